The summed E-state index contributed by atoms with van der Waals surface area (Å²) >= 11 is 1.03. The number of hydrogen-bond donors (Lipinski definition) is 1. The molecule has 0 aliphatic heterocycles. The molecular formula is C23H18N2O6S. The average Bonchev–Trinajstić information content (AvgIpc) is 3.26. The number of fused-ring (bicyclic) bond motifs is 1. The number of hydrogen-bond acceptors (Lipinski definition) is 6. The van der Waals surface area contributed by atoms with E-state index >= 15 is 0 Å². The van der Waals surface area contributed by atoms with Crippen LogP contribution in [0.2, 0.25) is 0 Å². The molecule has 0 saturated heterocycles. The van der Waals surface area contributed by atoms with Crippen LogP contribution in [0.15, 0.2) is 70.3 Å². The topological polar surface area (TPSA) is 108 Å². The number of benzene rings is 2. The highest BCUT2D eigenvalue weighted by molar-refractivity contribution is 7.20. The predicted molar refractivity (Wildman–Crippen MR) is 119 cm³/mol. The Kier molecular flexibility index (Phi) is 5.74. The fourth-order valence-corrected chi connectivity index (χ4v) is 4.25. The maximum Gasteiger partial charge on any atom is 0.348 e. The maximum atomic E-state index is 13.0. The van der Waals surface area contributed by atoms with Gasteiger partial charge in [-0.2, -0.15) is 0 Å². The van der Waals surface area contributed by atoms with Crippen LogP contribution in [0.3, 0.4) is 0 Å². The summed E-state index contributed by atoms with van der Waals surface area (Å²) < 4.78 is 7.72. The molecule has 4 rings (SSSR count). The van der Waals surface area contributed by atoms with Crippen molar-refractivity contribution in [2.24, 2.45) is 7.05 Å². The van der Waals surface area contributed by atoms with Crippen LogP contribution in [0.1, 0.15) is 31.2 Å². The van der Waals surface area contributed by atoms with Crippen molar-refractivity contribution in [2.75, 3.05) is 0 Å². The van der Waals surface area contributed by atoms with Gasteiger partial charge in [0, 0.05) is 7.05 Å². The van der Waals surface area contributed by atoms with Gasteiger partial charge in [0.25, 0.3) is 5.56 Å². The Morgan fingerprint density at radius 2 is 1.69 bits per heavy atom. The lowest BCUT2D eigenvalue weighted by atomic mass is 10.1. The first-order chi connectivity index (χ1) is 15.3. The molecule has 1 N–H and O–H groups in total. The molecular weight excluding hydrogens is 432 g/mol. The first-order valence-electron chi connectivity index (χ1n) is 9.62. The minimum absolute atomic E-state index is 0.0228. The Hall–Kier alpha value is -3.98. The molecule has 0 aliphatic carbocycles. The zero-order valence-corrected chi connectivity index (χ0v) is 17.8. The Balaban J connectivity index is 1.64. The van der Waals surface area contributed by atoms with Gasteiger partial charge >= 0.3 is 17.6 Å². The molecule has 9 heteroatoms. The van der Waals surface area contributed by atoms with E-state index in [9.17, 15) is 19.2 Å². The van der Waals surface area contributed by atoms with Gasteiger partial charge in [-0.05, 0) is 29.3 Å². The van der Waals surface area contributed by atoms with Crippen molar-refractivity contribution in [3.8, 4) is 0 Å². The van der Waals surface area contributed by atoms with E-state index in [4.69, 9.17) is 9.84 Å². The van der Waals surface area contributed by atoms with Crippen molar-refractivity contribution in [3.05, 3.63) is 103 Å². The van der Waals surface area contributed by atoms with Gasteiger partial charge < -0.3 is 9.84 Å². The molecule has 0 atom stereocenters. The minimum Gasteiger partial charge on any atom is -0.478 e. The van der Waals surface area contributed by atoms with Crippen LogP contribution in [0.4, 0.5) is 0 Å². The number of carbonyl (C=O) groups is 2. The summed E-state index contributed by atoms with van der Waals surface area (Å²) in [4.78, 5) is 49.9. The van der Waals surface area contributed by atoms with Crippen molar-refractivity contribution in [2.45, 2.75) is 13.2 Å². The van der Waals surface area contributed by atoms with Gasteiger partial charge in [-0.15, -0.1) is 11.3 Å². The van der Waals surface area contributed by atoms with Crippen molar-refractivity contribution in [1.82, 2.24) is 9.13 Å². The van der Waals surface area contributed by atoms with E-state index in [0.29, 0.717) is 10.4 Å². The Labute approximate surface area is 185 Å². The van der Waals surface area contributed by atoms with Crippen LogP contribution in [0.5, 0.6) is 0 Å². The molecule has 4 aromatic rings. The summed E-state index contributed by atoms with van der Waals surface area (Å²) in [5.41, 5.74) is 0.498. The van der Waals surface area contributed by atoms with E-state index in [1.165, 1.54) is 29.8 Å². The van der Waals surface area contributed by atoms with E-state index in [2.05, 4.69) is 0 Å². The normalized spacial score (nSPS) is 10.9. The second-order valence-corrected chi connectivity index (χ2v) is 8.16. The van der Waals surface area contributed by atoms with Crippen molar-refractivity contribution >= 4 is 33.5 Å². The fourth-order valence-electron chi connectivity index (χ4n) is 3.25. The number of thiophene rings is 1. The lowest BCUT2D eigenvalue weighted by Crippen LogP contribution is -2.38. The molecule has 2 aromatic carbocycles. The number of aromatic nitrogens is 2. The standard InChI is InChI=1S/C23H18N2O6S/c1-24-20-17(11-18(32-20)22(29)31-13-15-5-3-2-4-6-15)19(26)25(23(24)30)12-14-7-9-16(10-8-14)21(27)28/h2-11H,12-13H2,1H3,(H,27,28). The van der Waals surface area contributed by atoms with Crippen molar-refractivity contribution in [3.63, 3.8) is 0 Å². The summed E-state index contributed by atoms with van der Waals surface area (Å²) in [6.45, 7) is 0.0778. The minimum atomic E-state index is -1.06. The number of carbonyl (C=O) groups excluding carboxylic acids is 1. The molecule has 162 valence electrons. The second kappa shape index (κ2) is 8.64. The molecule has 8 nitrogen and oxygen atoms in total. The first-order valence-corrected chi connectivity index (χ1v) is 10.4. The van der Waals surface area contributed by atoms with E-state index in [1.807, 2.05) is 30.3 Å². The second-order valence-electron chi connectivity index (χ2n) is 7.13. The third-order valence-electron chi connectivity index (χ3n) is 4.97. The molecule has 0 aliphatic rings. The molecule has 2 aromatic heterocycles. The predicted octanol–water partition coefficient (Wildman–Crippen LogP) is 2.87. The largest absolute Gasteiger partial charge is 0.478 e. The molecule has 0 amide bonds. The highest BCUT2D eigenvalue weighted by atomic mass is 32.1. The summed E-state index contributed by atoms with van der Waals surface area (Å²) in [5.74, 6) is -1.63. The zero-order valence-electron chi connectivity index (χ0n) is 17.0. The lowest BCUT2D eigenvalue weighted by Gasteiger charge is -2.08. The highest BCUT2D eigenvalue weighted by Gasteiger charge is 2.19. The van der Waals surface area contributed by atoms with E-state index in [0.717, 1.165) is 21.5 Å². The zero-order chi connectivity index (χ0) is 22.8. The summed E-state index contributed by atoms with van der Waals surface area (Å²) in [5, 5.41) is 9.25. The molecule has 0 radical (unpaired) electrons. The molecule has 0 saturated carbocycles. The molecule has 0 spiro atoms. The lowest BCUT2D eigenvalue weighted by molar-refractivity contribution is 0.0478. The number of carboxylic acids is 1. The number of nitrogens with zero attached hydrogens (tertiary/aromatic N) is 2. The van der Waals surface area contributed by atoms with Crippen LogP contribution in [0.25, 0.3) is 10.2 Å². The number of aromatic carboxylic acids is 1. The van der Waals surface area contributed by atoms with Crippen LogP contribution in [-0.2, 0) is 24.9 Å². The molecule has 32 heavy (non-hydrogen) atoms. The summed E-state index contributed by atoms with van der Waals surface area (Å²) in [6.07, 6.45) is 0. The van der Waals surface area contributed by atoms with Gasteiger partial charge in [-0.25, -0.2) is 14.4 Å². The molecule has 0 unspecified atom stereocenters. The average molecular weight is 450 g/mol. The smallest absolute Gasteiger partial charge is 0.348 e. The van der Waals surface area contributed by atoms with Crippen LogP contribution < -0.4 is 11.2 Å². The molecule has 0 bridgehead atoms. The number of aryl methyl sites for hydroxylation is 1. The quantitative estimate of drug-likeness (QED) is 0.453. The van der Waals surface area contributed by atoms with E-state index in [-0.39, 0.29) is 29.0 Å². The van der Waals surface area contributed by atoms with Crippen LogP contribution in [-0.4, -0.2) is 26.2 Å². The van der Waals surface area contributed by atoms with Gasteiger partial charge in [0.15, 0.2) is 0 Å². The first kappa shape index (κ1) is 21.3. The van der Waals surface area contributed by atoms with Gasteiger partial charge in [-0.1, -0.05) is 42.5 Å². The highest BCUT2D eigenvalue weighted by Crippen LogP contribution is 2.23. The fraction of sp³-hybridized carbons (Fsp3) is 0.130. The third kappa shape index (κ3) is 4.10. The van der Waals surface area contributed by atoms with Crippen LogP contribution >= 0.6 is 11.3 Å². The maximum absolute atomic E-state index is 13.0. The van der Waals surface area contributed by atoms with Crippen molar-refractivity contribution < 1.29 is 19.4 Å². The van der Waals surface area contributed by atoms with Crippen molar-refractivity contribution in [1.29, 1.82) is 0 Å². The van der Waals surface area contributed by atoms with Crippen LogP contribution in [0, 0.1) is 0 Å². The van der Waals surface area contributed by atoms with E-state index in [1.54, 1.807) is 12.1 Å². The Bertz CT molecular complexity index is 1430. The third-order valence-corrected chi connectivity index (χ3v) is 6.16. The molecule has 0 fully saturated rings. The summed E-state index contributed by atoms with van der Waals surface area (Å²) in [7, 11) is 1.53. The monoisotopic (exact) mass is 450 g/mol. The van der Waals surface area contributed by atoms with Gasteiger partial charge in [-0.3, -0.25) is 13.9 Å². The van der Waals surface area contributed by atoms with Gasteiger partial charge in [0.05, 0.1) is 17.5 Å². The number of carboxylic acid groups (broad SMARTS) is 1. The van der Waals surface area contributed by atoms with Gasteiger partial charge in [0.1, 0.15) is 16.3 Å². The molecule has 2 heterocycles. The Morgan fingerprint density at radius 1 is 1.00 bits per heavy atom. The van der Waals surface area contributed by atoms with Gasteiger partial charge in [0.2, 0.25) is 0 Å². The Morgan fingerprint density at radius 3 is 2.34 bits per heavy atom. The SMILES string of the molecule is Cn1c(=O)n(Cc2ccc(C(=O)O)cc2)c(=O)c2cc(C(=O)OCc3ccccc3)sc21. The number of esters is 1. The number of rotatable bonds is 6. The number of ether oxygens (including phenoxy) is 1. The summed E-state index contributed by atoms with van der Waals surface area (Å²) in [6, 6.07) is 16.6. The van der Waals surface area contributed by atoms with E-state index < -0.39 is 23.2 Å².